The second kappa shape index (κ2) is 9.55. The average molecular weight is 375 g/mol. The van der Waals surface area contributed by atoms with Crippen molar-refractivity contribution in [2.75, 3.05) is 10.6 Å². The van der Waals surface area contributed by atoms with E-state index >= 15 is 0 Å². The summed E-state index contributed by atoms with van der Waals surface area (Å²) in [4.78, 5) is 16.7. The van der Waals surface area contributed by atoms with Crippen molar-refractivity contribution in [3.63, 3.8) is 0 Å². The lowest BCUT2D eigenvalue weighted by Gasteiger charge is -2.13. The minimum Gasteiger partial charge on any atom is -0.489 e. The van der Waals surface area contributed by atoms with Crippen molar-refractivity contribution in [3.05, 3.63) is 84.2 Å². The van der Waals surface area contributed by atoms with E-state index in [4.69, 9.17) is 4.74 Å². The number of nitrogens with zero attached hydrogens (tertiary/aromatic N) is 1. The summed E-state index contributed by atoms with van der Waals surface area (Å²) in [5, 5.41) is 6.22. The molecule has 2 aromatic carbocycles. The lowest BCUT2D eigenvalue weighted by atomic mass is 10.2. The maximum absolute atomic E-state index is 12.5. The molecule has 144 valence electrons. The second-order valence-electron chi connectivity index (χ2n) is 6.64. The summed E-state index contributed by atoms with van der Waals surface area (Å²) in [5.41, 5.74) is 3.06. The van der Waals surface area contributed by atoms with Crippen molar-refractivity contribution in [1.82, 2.24) is 4.98 Å². The van der Waals surface area contributed by atoms with Crippen LogP contribution in [-0.4, -0.2) is 16.9 Å². The van der Waals surface area contributed by atoms with E-state index in [0.717, 1.165) is 23.4 Å². The van der Waals surface area contributed by atoms with Gasteiger partial charge in [0.25, 0.3) is 5.91 Å². The molecule has 0 bridgehead atoms. The highest BCUT2D eigenvalue weighted by Gasteiger charge is 2.09. The Labute approximate surface area is 165 Å². The number of aromatic nitrogens is 1. The zero-order valence-corrected chi connectivity index (χ0v) is 16.2. The summed E-state index contributed by atoms with van der Waals surface area (Å²) >= 11 is 0. The van der Waals surface area contributed by atoms with Gasteiger partial charge in [0, 0.05) is 23.6 Å². The van der Waals surface area contributed by atoms with Gasteiger partial charge >= 0.3 is 0 Å². The molecule has 5 nitrogen and oxygen atoms in total. The second-order valence-corrected chi connectivity index (χ2v) is 6.64. The van der Waals surface area contributed by atoms with Gasteiger partial charge in [0.1, 0.15) is 18.1 Å². The molecule has 28 heavy (non-hydrogen) atoms. The molecule has 0 radical (unpaired) electrons. The minimum absolute atomic E-state index is 0.245. The van der Waals surface area contributed by atoms with Gasteiger partial charge in [-0.05, 0) is 55.3 Å². The summed E-state index contributed by atoms with van der Waals surface area (Å²) in [6.45, 7) is 4.72. The quantitative estimate of drug-likeness (QED) is 0.573. The maximum Gasteiger partial charge on any atom is 0.274 e. The van der Waals surface area contributed by atoms with Gasteiger partial charge in [0.05, 0.1) is 0 Å². The lowest BCUT2D eigenvalue weighted by molar-refractivity contribution is 0.102. The fourth-order valence-electron chi connectivity index (χ4n) is 2.60. The molecule has 1 atom stereocenters. The van der Waals surface area contributed by atoms with E-state index in [0.29, 0.717) is 24.0 Å². The first-order valence-corrected chi connectivity index (χ1v) is 9.45. The summed E-state index contributed by atoms with van der Waals surface area (Å²) < 4.78 is 5.77. The van der Waals surface area contributed by atoms with Crippen molar-refractivity contribution in [3.8, 4) is 5.75 Å². The van der Waals surface area contributed by atoms with Crippen molar-refractivity contribution < 1.29 is 9.53 Å². The molecule has 0 saturated carbocycles. The van der Waals surface area contributed by atoms with E-state index in [-0.39, 0.29) is 5.91 Å². The van der Waals surface area contributed by atoms with Crippen LogP contribution in [0.2, 0.25) is 0 Å². The van der Waals surface area contributed by atoms with E-state index in [1.54, 1.807) is 12.3 Å². The van der Waals surface area contributed by atoms with Crippen LogP contribution in [0.15, 0.2) is 72.9 Å². The number of carbonyl (C=O) groups excluding carboxylic acids is 1. The van der Waals surface area contributed by atoms with Crippen LogP contribution >= 0.6 is 0 Å². The van der Waals surface area contributed by atoms with E-state index in [2.05, 4.69) is 29.5 Å². The number of hydrogen-bond acceptors (Lipinski definition) is 4. The molecule has 1 unspecified atom stereocenters. The molecule has 0 saturated heterocycles. The van der Waals surface area contributed by atoms with Gasteiger partial charge in [-0.3, -0.25) is 9.78 Å². The molecular formula is C23H25N3O2. The molecule has 0 aliphatic rings. The summed E-state index contributed by atoms with van der Waals surface area (Å²) in [6.07, 6.45) is 2.64. The highest BCUT2D eigenvalue weighted by Crippen LogP contribution is 2.18. The third-order valence-corrected chi connectivity index (χ3v) is 4.38. The van der Waals surface area contributed by atoms with Crippen LogP contribution < -0.4 is 15.4 Å². The summed E-state index contributed by atoms with van der Waals surface area (Å²) in [6, 6.07) is 21.3. The highest BCUT2D eigenvalue weighted by molar-refractivity contribution is 6.03. The maximum atomic E-state index is 12.5. The Bertz CT molecular complexity index is 895. The molecule has 1 heterocycles. The standard InChI is InChI=1S/C23H25N3O2/c1-3-17(2)25-20-13-14-24-22(15-20)23(27)26-19-9-11-21(12-10-19)28-16-18-7-5-4-6-8-18/h4-15,17H,3,16H2,1-2H3,(H,24,25)(H,26,27). The van der Waals surface area contributed by atoms with Gasteiger partial charge in [0.2, 0.25) is 0 Å². The predicted molar refractivity (Wildman–Crippen MR) is 113 cm³/mol. The third-order valence-electron chi connectivity index (χ3n) is 4.38. The van der Waals surface area contributed by atoms with Crippen LogP contribution in [0.3, 0.4) is 0 Å². The van der Waals surface area contributed by atoms with Gasteiger partial charge < -0.3 is 15.4 Å². The van der Waals surface area contributed by atoms with Gasteiger partial charge in [-0.2, -0.15) is 0 Å². The van der Waals surface area contributed by atoms with Crippen molar-refractivity contribution >= 4 is 17.3 Å². The van der Waals surface area contributed by atoms with E-state index < -0.39 is 0 Å². The molecule has 0 fully saturated rings. The monoisotopic (exact) mass is 375 g/mol. The number of anilines is 2. The molecule has 5 heteroatoms. The number of pyridine rings is 1. The number of amides is 1. The van der Waals surface area contributed by atoms with Crippen LogP contribution in [0.1, 0.15) is 36.3 Å². The van der Waals surface area contributed by atoms with Gasteiger partial charge in [-0.1, -0.05) is 37.3 Å². The van der Waals surface area contributed by atoms with Crippen LogP contribution in [0.4, 0.5) is 11.4 Å². The molecule has 1 aromatic heterocycles. The van der Waals surface area contributed by atoms with Crippen LogP contribution in [-0.2, 0) is 6.61 Å². The number of hydrogen-bond donors (Lipinski definition) is 2. The molecule has 3 aromatic rings. The molecular weight excluding hydrogens is 350 g/mol. The van der Waals surface area contributed by atoms with Gasteiger partial charge in [0.15, 0.2) is 0 Å². The third kappa shape index (κ3) is 5.58. The first-order valence-electron chi connectivity index (χ1n) is 9.45. The van der Waals surface area contributed by atoms with Gasteiger partial charge in [-0.25, -0.2) is 0 Å². The fourth-order valence-corrected chi connectivity index (χ4v) is 2.60. The van der Waals surface area contributed by atoms with E-state index in [1.807, 2.05) is 60.7 Å². The SMILES string of the molecule is CCC(C)Nc1ccnc(C(=O)Nc2ccc(OCc3ccccc3)cc2)c1. The zero-order valence-electron chi connectivity index (χ0n) is 16.2. The largest absolute Gasteiger partial charge is 0.489 e. The number of rotatable bonds is 8. The average Bonchev–Trinajstić information content (AvgIpc) is 2.74. The topological polar surface area (TPSA) is 63.2 Å². The Balaban J connectivity index is 1.57. The first kappa shape index (κ1) is 19.4. The number of benzene rings is 2. The van der Waals surface area contributed by atoms with Crippen LogP contribution in [0, 0.1) is 0 Å². The fraction of sp³-hybridized carbons (Fsp3) is 0.217. The number of carbonyl (C=O) groups is 1. The molecule has 0 spiro atoms. The highest BCUT2D eigenvalue weighted by atomic mass is 16.5. The van der Waals surface area contributed by atoms with Crippen LogP contribution in [0.5, 0.6) is 5.75 Å². The van der Waals surface area contributed by atoms with E-state index in [1.165, 1.54) is 0 Å². The Hall–Kier alpha value is -3.34. The molecule has 2 N–H and O–H groups in total. The molecule has 1 amide bonds. The minimum atomic E-state index is -0.245. The molecule has 0 aliphatic carbocycles. The Morgan fingerprint density at radius 3 is 2.50 bits per heavy atom. The van der Waals surface area contributed by atoms with Crippen molar-refractivity contribution in [2.45, 2.75) is 32.9 Å². The van der Waals surface area contributed by atoms with Crippen LogP contribution in [0.25, 0.3) is 0 Å². The number of ether oxygens (including phenoxy) is 1. The predicted octanol–water partition coefficient (Wildman–Crippen LogP) is 5.12. The smallest absolute Gasteiger partial charge is 0.274 e. The van der Waals surface area contributed by atoms with Crippen molar-refractivity contribution in [1.29, 1.82) is 0 Å². The number of nitrogens with one attached hydrogen (secondary N) is 2. The lowest BCUT2D eigenvalue weighted by Crippen LogP contribution is -2.16. The van der Waals surface area contributed by atoms with Gasteiger partial charge in [-0.15, -0.1) is 0 Å². The Morgan fingerprint density at radius 2 is 1.79 bits per heavy atom. The summed E-state index contributed by atoms with van der Waals surface area (Å²) in [7, 11) is 0. The molecule has 3 rings (SSSR count). The Morgan fingerprint density at radius 1 is 1.04 bits per heavy atom. The first-order chi connectivity index (χ1) is 13.6. The zero-order chi connectivity index (χ0) is 19.8. The Kier molecular flexibility index (Phi) is 6.63. The summed E-state index contributed by atoms with van der Waals surface area (Å²) in [5.74, 6) is 0.505. The normalized spacial score (nSPS) is 11.5. The van der Waals surface area contributed by atoms with E-state index in [9.17, 15) is 4.79 Å². The molecule has 0 aliphatic heterocycles. The van der Waals surface area contributed by atoms with Crippen molar-refractivity contribution in [2.24, 2.45) is 0 Å².